The van der Waals surface area contributed by atoms with Gasteiger partial charge in [-0.3, -0.25) is 4.79 Å². The van der Waals surface area contributed by atoms with E-state index in [0.29, 0.717) is 24.5 Å². The number of carbonyl (C=O) groups excluding carboxylic acids is 2. The number of carbonyl (C=O) groups is 2. The first-order valence-electron chi connectivity index (χ1n) is 9.04. The van der Waals surface area contributed by atoms with E-state index < -0.39 is 0 Å². The Morgan fingerprint density at radius 3 is 2.62 bits per heavy atom. The van der Waals surface area contributed by atoms with Gasteiger partial charge >= 0.3 is 6.03 Å². The van der Waals surface area contributed by atoms with Gasteiger partial charge in [0.25, 0.3) is 0 Å². The molecule has 0 radical (unpaired) electrons. The lowest BCUT2D eigenvalue weighted by Gasteiger charge is -2.27. The van der Waals surface area contributed by atoms with Gasteiger partial charge in [0.05, 0.1) is 12.6 Å². The van der Waals surface area contributed by atoms with Gasteiger partial charge in [0, 0.05) is 31.6 Å². The van der Waals surface area contributed by atoms with E-state index in [1.165, 1.54) is 0 Å². The van der Waals surface area contributed by atoms with Crippen LogP contribution in [0.15, 0.2) is 18.2 Å². The van der Waals surface area contributed by atoms with Crippen molar-refractivity contribution >= 4 is 23.3 Å². The fourth-order valence-corrected chi connectivity index (χ4v) is 2.87. The summed E-state index contributed by atoms with van der Waals surface area (Å²) in [7, 11) is 5.45. The van der Waals surface area contributed by atoms with Crippen LogP contribution in [-0.2, 0) is 9.53 Å². The molecule has 1 heterocycles. The first kappa shape index (κ1) is 20.2. The fraction of sp³-hybridized carbons (Fsp3) is 0.579. The summed E-state index contributed by atoms with van der Waals surface area (Å²) in [4.78, 5) is 27.8. The SMILES string of the molecule is Cc1ccc(NC(=O)N(C)C[C@H]2CCCCO2)cc1NC(=O)CN(C)C. The molecule has 144 valence electrons. The minimum absolute atomic E-state index is 0.0897. The Morgan fingerprint density at radius 1 is 1.19 bits per heavy atom. The Kier molecular flexibility index (Phi) is 7.41. The number of aryl methyl sites for hydroxylation is 1. The third-order valence-electron chi connectivity index (χ3n) is 4.32. The Balaban J connectivity index is 1.94. The normalized spacial score (nSPS) is 17.0. The number of hydrogen-bond donors (Lipinski definition) is 2. The third-order valence-corrected chi connectivity index (χ3v) is 4.32. The summed E-state index contributed by atoms with van der Waals surface area (Å²) in [6.07, 6.45) is 3.34. The maximum Gasteiger partial charge on any atom is 0.321 e. The number of nitrogens with one attached hydrogen (secondary N) is 2. The van der Waals surface area contributed by atoms with Gasteiger partial charge in [-0.2, -0.15) is 0 Å². The summed E-state index contributed by atoms with van der Waals surface area (Å²) < 4.78 is 5.69. The number of benzene rings is 1. The Bertz CT molecular complexity index is 627. The molecule has 0 saturated carbocycles. The number of urea groups is 1. The molecule has 1 aliphatic rings. The smallest absolute Gasteiger partial charge is 0.321 e. The molecule has 7 heteroatoms. The summed E-state index contributed by atoms with van der Waals surface area (Å²) in [5.74, 6) is -0.0897. The van der Waals surface area contributed by atoms with E-state index in [-0.39, 0.29) is 18.0 Å². The lowest BCUT2D eigenvalue weighted by Crippen LogP contribution is -2.39. The van der Waals surface area contributed by atoms with Crippen molar-refractivity contribution in [3.05, 3.63) is 23.8 Å². The van der Waals surface area contributed by atoms with Gasteiger partial charge in [-0.05, 0) is 58.0 Å². The van der Waals surface area contributed by atoms with Crippen molar-refractivity contribution in [3.8, 4) is 0 Å². The van der Waals surface area contributed by atoms with Crippen LogP contribution < -0.4 is 10.6 Å². The molecule has 1 atom stereocenters. The van der Waals surface area contributed by atoms with E-state index in [1.807, 2.05) is 33.2 Å². The van der Waals surface area contributed by atoms with E-state index in [9.17, 15) is 9.59 Å². The number of likely N-dealkylation sites (N-methyl/N-ethyl adjacent to an activating group) is 2. The van der Waals surface area contributed by atoms with E-state index in [4.69, 9.17) is 4.74 Å². The molecule has 1 fully saturated rings. The monoisotopic (exact) mass is 362 g/mol. The molecule has 3 amide bonds. The highest BCUT2D eigenvalue weighted by atomic mass is 16.5. The first-order valence-corrected chi connectivity index (χ1v) is 9.04. The lowest BCUT2D eigenvalue weighted by atomic mass is 10.1. The van der Waals surface area contributed by atoms with Crippen molar-refractivity contribution in [1.29, 1.82) is 0 Å². The van der Waals surface area contributed by atoms with Crippen LogP contribution in [0, 0.1) is 6.92 Å². The number of nitrogens with zero attached hydrogens (tertiary/aromatic N) is 2. The average molecular weight is 362 g/mol. The summed E-state index contributed by atoms with van der Waals surface area (Å²) in [5, 5.41) is 5.77. The summed E-state index contributed by atoms with van der Waals surface area (Å²) in [5.41, 5.74) is 2.30. The fourth-order valence-electron chi connectivity index (χ4n) is 2.87. The second-order valence-corrected chi connectivity index (χ2v) is 7.11. The van der Waals surface area contributed by atoms with E-state index in [2.05, 4.69) is 10.6 Å². The van der Waals surface area contributed by atoms with Gasteiger partial charge in [0.2, 0.25) is 5.91 Å². The second-order valence-electron chi connectivity index (χ2n) is 7.11. The molecule has 26 heavy (non-hydrogen) atoms. The van der Waals surface area contributed by atoms with Crippen molar-refractivity contribution in [2.24, 2.45) is 0 Å². The molecule has 0 aromatic heterocycles. The van der Waals surface area contributed by atoms with Crippen molar-refractivity contribution in [2.75, 3.05) is 51.5 Å². The van der Waals surface area contributed by atoms with Gasteiger partial charge < -0.3 is 25.2 Å². The minimum atomic E-state index is -0.186. The van der Waals surface area contributed by atoms with Crippen molar-refractivity contribution in [1.82, 2.24) is 9.80 Å². The number of rotatable bonds is 6. The molecule has 0 unspecified atom stereocenters. The largest absolute Gasteiger partial charge is 0.376 e. The molecule has 1 aromatic carbocycles. The molecule has 2 rings (SSSR count). The highest BCUT2D eigenvalue weighted by molar-refractivity contribution is 5.95. The molecule has 2 N–H and O–H groups in total. The standard InChI is InChI=1S/C19H30N4O3/c1-14-8-9-15(11-17(14)21-18(24)13-22(2)3)20-19(25)23(4)12-16-7-5-6-10-26-16/h8-9,11,16H,5-7,10,12-13H2,1-4H3,(H,20,25)(H,21,24)/t16-/m1/s1. The van der Waals surface area contributed by atoms with Crippen LogP contribution in [0.5, 0.6) is 0 Å². The molecule has 0 aliphatic carbocycles. The molecular weight excluding hydrogens is 332 g/mol. The van der Waals surface area contributed by atoms with E-state index in [1.54, 1.807) is 22.9 Å². The van der Waals surface area contributed by atoms with Crippen LogP contribution in [0.3, 0.4) is 0 Å². The summed E-state index contributed by atoms with van der Waals surface area (Å²) in [6, 6.07) is 5.31. The topological polar surface area (TPSA) is 73.9 Å². The molecular formula is C19H30N4O3. The van der Waals surface area contributed by atoms with E-state index >= 15 is 0 Å². The van der Waals surface area contributed by atoms with Crippen LogP contribution in [0.4, 0.5) is 16.2 Å². The third kappa shape index (κ3) is 6.31. The second kappa shape index (κ2) is 9.54. The first-order chi connectivity index (χ1) is 12.3. The van der Waals surface area contributed by atoms with Crippen molar-refractivity contribution in [2.45, 2.75) is 32.3 Å². The van der Waals surface area contributed by atoms with Gasteiger partial charge in [-0.1, -0.05) is 6.07 Å². The van der Waals surface area contributed by atoms with Crippen LogP contribution in [-0.4, -0.2) is 68.7 Å². The Hall–Kier alpha value is -2.12. The number of ether oxygens (including phenoxy) is 1. The molecule has 0 spiro atoms. The maximum absolute atomic E-state index is 12.4. The highest BCUT2D eigenvalue weighted by Gasteiger charge is 2.19. The highest BCUT2D eigenvalue weighted by Crippen LogP contribution is 2.21. The maximum atomic E-state index is 12.4. The Morgan fingerprint density at radius 2 is 1.96 bits per heavy atom. The molecule has 1 saturated heterocycles. The van der Waals surface area contributed by atoms with Crippen LogP contribution in [0.25, 0.3) is 0 Å². The zero-order chi connectivity index (χ0) is 19.1. The summed E-state index contributed by atoms with van der Waals surface area (Å²) in [6.45, 7) is 3.57. The minimum Gasteiger partial charge on any atom is -0.376 e. The Labute approximate surface area is 155 Å². The summed E-state index contributed by atoms with van der Waals surface area (Å²) >= 11 is 0. The van der Waals surface area contributed by atoms with Crippen LogP contribution >= 0.6 is 0 Å². The van der Waals surface area contributed by atoms with E-state index in [0.717, 1.165) is 31.4 Å². The average Bonchev–Trinajstić information content (AvgIpc) is 2.58. The number of hydrogen-bond acceptors (Lipinski definition) is 4. The molecule has 0 bridgehead atoms. The van der Waals surface area contributed by atoms with Gasteiger partial charge in [0.1, 0.15) is 0 Å². The molecule has 7 nitrogen and oxygen atoms in total. The van der Waals surface area contributed by atoms with Crippen molar-refractivity contribution < 1.29 is 14.3 Å². The predicted molar refractivity (Wildman–Crippen MR) is 104 cm³/mol. The predicted octanol–water partition coefficient (Wildman–Crippen LogP) is 2.53. The lowest BCUT2D eigenvalue weighted by molar-refractivity contribution is -0.116. The molecule has 1 aromatic rings. The zero-order valence-corrected chi connectivity index (χ0v) is 16.2. The van der Waals surface area contributed by atoms with Gasteiger partial charge in [-0.15, -0.1) is 0 Å². The number of anilines is 2. The number of amides is 3. The molecule has 1 aliphatic heterocycles. The quantitative estimate of drug-likeness (QED) is 0.816. The van der Waals surface area contributed by atoms with Crippen LogP contribution in [0.1, 0.15) is 24.8 Å². The van der Waals surface area contributed by atoms with Crippen LogP contribution in [0.2, 0.25) is 0 Å². The van der Waals surface area contributed by atoms with Gasteiger partial charge in [-0.25, -0.2) is 4.79 Å². The zero-order valence-electron chi connectivity index (χ0n) is 16.2. The van der Waals surface area contributed by atoms with Crippen molar-refractivity contribution in [3.63, 3.8) is 0 Å². The van der Waals surface area contributed by atoms with Gasteiger partial charge in [0.15, 0.2) is 0 Å².